The van der Waals surface area contributed by atoms with Crippen molar-refractivity contribution < 1.29 is 0 Å². The van der Waals surface area contributed by atoms with Gasteiger partial charge in [-0.2, -0.15) is 0 Å². The molecule has 55 heavy (non-hydrogen) atoms. The molecule has 0 amide bonds. The molecule has 268 valence electrons. The lowest BCUT2D eigenvalue weighted by molar-refractivity contribution is 0.829. The molecule has 0 aliphatic heterocycles. The number of hydrogen-bond donors (Lipinski definition) is 0. The number of nitrogens with zero attached hydrogens (tertiary/aromatic N) is 1. The Kier molecular flexibility index (Phi) is 10.1. The molecule has 0 aromatic heterocycles. The number of rotatable bonds is 9. The maximum absolute atomic E-state index is 2.46. The second-order valence-electron chi connectivity index (χ2n) is 15.0. The Hall–Kier alpha value is -6.18. The van der Waals surface area contributed by atoms with E-state index in [1.807, 2.05) is 0 Å². The van der Waals surface area contributed by atoms with Crippen molar-refractivity contribution in [1.82, 2.24) is 0 Å². The minimum Gasteiger partial charge on any atom is -0.314 e. The number of anilines is 2. The van der Waals surface area contributed by atoms with Gasteiger partial charge in [-0.1, -0.05) is 164 Å². The Balaban J connectivity index is 0.987. The largest absolute Gasteiger partial charge is 0.314 e. The minimum atomic E-state index is 0.440. The van der Waals surface area contributed by atoms with Crippen LogP contribution in [-0.2, 0) is 0 Å². The summed E-state index contributed by atoms with van der Waals surface area (Å²) in [5.41, 5.74) is 18.6. The van der Waals surface area contributed by atoms with Gasteiger partial charge >= 0.3 is 0 Å². The second-order valence-corrected chi connectivity index (χ2v) is 15.0. The van der Waals surface area contributed by atoms with Gasteiger partial charge < -0.3 is 4.90 Å². The molecule has 1 atom stereocenters. The Bertz CT molecular complexity index is 2390. The number of benzene rings is 5. The van der Waals surface area contributed by atoms with Crippen molar-refractivity contribution in [3.05, 3.63) is 233 Å². The summed E-state index contributed by atoms with van der Waals surface area (Å²) in [7, 11) is 0. The zero-order chi connectivity index (χ0) is 36.8. The van der Waals surface area contributed by atoms with Crippen molar-refractivity contribution in [2.45, 2.75) is 50.9 Å². The van der Waals surface area contributed by atoms with E-state index in [4.69, 9.17) is 0 Å². The van der Waals surface area contributed by atoms with Crippen LogP contribution in [0.4, 0.5) is 11.4 Å². The molecule has 0 bridgehead atoms. The Morgan fingerprint density at radius 2 is 0.945 bits per heavy atom. The molecule has 1 unspecified atom stereocenters. The molecule has 9 rings (SSSR count). The average molecular weight is 710 g/mol. The van der Waals surface area contributed by atoms with Gasteiger partial charge in [0.15, 0.2) is 0 Å². The van der Waals surface area contributed by atoms with Crippen LogP contribution in [0.15, 0.2) is 222 Å². The quantitative estimate of drug-likeness (QED) is 0.147. The standard InChI is InChI=1S/C54H47N/c1-4-10-40(11-5-1)43-16-22-46(23-17-43)49-28-34-52(35-29-49)55(53-36-30-50(31-37-53)47-24-18-44(19-25-47)41-12-6-2-7-13-41)54-38-32-51(33-39-54)48-26-20-45(21-27-48)42-14-8-3-9-15-42/h1-8,10-14,16-18,20,22-26,28-32,34-38,44H,9,15,19,21,27,33,39H2. The average Bonchev–Trinajstić information content (AvgIpc) is 3.28. The van der Waals surface area contributed by atoms with Crippen LogP contribution in [0.5, 0.6) is 0 Å². The molecule has 5 aromatic rings. The summed E-state index contributed by atoms with van der Waals surface area (Å²) >= 11 is 0. The third-order valence-electron chi connectivity index (χ3n) is 11.6. The van der Waals surface area contributed by atoms with E-state index in [0.29, 0.717) is 5.92 Å². The van der Waals surface area contributed by atoms with Crippen LogP contribution >= 0.6 is 0 Å². The molecule has 1 nitrogen and oxygen atoms in total. The predicted molar refractivity (Wildman–Crippen MR) is 234 cm³/mol. The summed E-state index contributed by atoms with van der Waals surface area (Å²) < 4.78 is 0. The molecule has 0 N–H and O–H groups in total. The molecule has 0 saturated heterocycles. The van der Waals surface area contributed by atoms with E-state index in [9.17, 15) is 0 Å². The van der Waals surface area contributed by atoms with E-state index in [0.717, 1.165) is 38.5 Å². The molecule has 0 fully saturated rings. The van der Waals surface area contributed by atoms with Crippen LogP contribution < -0.4 is 4.90 Å². The van der Waals surface area contributed by atoms with E-state index in [1.54, 1.807) is 0 Å². The van der Waals surface area contributed by atoms with Gasteiger partial charge in [-0.05, 0) is 137 Å². The number of hydrogen-bond acceptors (Lipinski definition) is 1. The highest BCUT2D eigenvalue weighted by atomic mass is 15.1. The van der Waals surface area contributed by atoms with E-state index in [2.05, 4.69) is 199 Å². The van der Waals surface area contributed by atoms with Gasteiger partial charge in [-0.3, -0.25) is 0 Å². The second kappa shape index (κ2) is 16.0. The van der Waals surface area contributed by atoms with Crippen LogP contribution in [0.1, 0.15) is 62.0 Å². The van der Waals surface area contributed by atoms with Gasteiger partial charge in [0.1, 0.15) is 0 Å². The molecule has 0 radical (unpaired) electrons. The normalized spacial score (nSPS) is 18.0. The summed E-state index contributed by atoms with van der Waals surface area (Å²) in [6, 6.07) is 48.7. The summed E-state index contributed by atoms with van der Waals surface area (Å²) in [4.78, 5) is 2.46. The monoisotopic (exact) mass is 709 g/mol. The molecule has 4 aliphatic carbocycles. The first-order chi connectivity index (χ1) is 27.2. The van der Waals surface area contributed by atoms with Gasteiger partial charge in [0.05, 0.1) is 0 Å². The lowest BCUT2D eigenvalue weighted by Gasteiger charge is -2.31. The first-order valence-corrected chi connectivity index (χ1v) is 20.0. The van der Waals surface area contributed by atoms with Crippen LogP contribution in [0.3, 0.4) is 0 Å². The summed E-state index contributed by atoms with van der Waals surface area (Å²) in [6.45, 7) is 0. The van der Waals surface area contributed by atoms with Crippen molar-refractivity contribution >= 4 is 16.9 Å². The fourth-order valence-corrected chi connectivity index (χ4v) is 8.48. The highest BCUT2D eigenvalue weighted by Crippen LogP contribution is 2.40. The lowest BCUT2D eigenvalue weighted by atomic mass is 9.84. The third kappa shape index (κ3) is 7.75. The third-order valence-corrected chi connectivity index (χ3v) is 11.6. The summed E-state index contributed by atoms with van der Waals surface area (Å²) in [5.74, 6) is 0.440. The fraction of sp³-hybridized carbons (Fsp3) is 0.148. The van der Waals surface area contributed by atoms with E-state index < -0.39 is 0 Å². The topological polar surface area (TPSA) is 3.24 Å². The van der Waals surface area contributed by atoms with Gasteiger partial charge in [-0.15, -0.1) is 0 Å². The van der Waals surface area contributed by atoms with Gasteiger partial charge in [0.25, 0.3) is 0 Å². The molecule has 4 aliphatic rings. The lowest BCUT2D eigenvalue weighted by Crippen LogP contribution is -2.18. The van der Waals surface area contributed by atoms with Gasteiger partial charge in [0, 0.05) is 23.0 Å². The van der Waals surface area contributed by atoms with Crippen molar-refractivity contribution in [1.29, 1.82) is 0 Å². The van der Waals surface area contributed by atoms with E-state index in [1.165, 1.54) is 84.7 Å². The highest BCUT2D eigenvalue weighted by molar-refractivity contribution is 5.79. The summed E-state index contributed by atoms with van der Waals surface area (Å²) in [5, 5.41) is 0. The first kappa shape index (κ1) is 34.6. The maximum atomic E-state index is 2.46. The maximum Gasteiger partial charge on any atom is 0.0458 e. The minimum absolute atomic E-state index is 0.440. The van der Waals surface area contributed by atoms with Gasteiger partial charge in [-0.25, -0.2) is 0 Å². The molecular formula is C54H47N. The zero-order valence-corrected chi connectivity index (χ0v) is 31.4. The molecule has 0 saturated carbocycles. The van der Waals surface area contributed by atoms with Crippen LogP contribution in [-0.4, -0.2) is 0 Å². The Labute approximate surface area is 327 Å². The molecule has 0 spiro atoms. The molecular weight excluding hydrogens is 663 g/mol. The van der Waals surface area contributed by atoms with Crippen molar-refractivity contribution in [3.63, 3.8) is 0 Å². The Morgan fingerprint density at radius 1 is 0.436 bits per heavy atom. The molecule has 5 aromatic carbocycles. The SMILES string of the molecule is C1=CCCC(C2=CC=C(C3=CC=C(N(c4ccc(C5=CCC(c6ccccc6)C=C5)cc4)c4ccc(-c5ccc(-c6ccccc6)cc5)cc4)CC3)CC2)=C1. The van der Waals surface area contributed by atoms with Crippen LogP contribution in [0, 0.1) is 0 Å². The smallest absolute Gasteiger partial charge is 0.0458 e. The van der Waals surface area contributed by atoms with E-state index in [-0.39, 0.29) is 0 Å². The predicted octanol–water partition coefficient (Wildman–Crippen LogP) is 14.8. The van der Waals surface area contributed by atoms with Crippen molar-refractivity contribution in [2.24, 2.45) is 0 Å². The van der Waals surface area contributed by atoms with Crippen molar-refractivity contribution in [2.75, 3.05) is 4.90 Å². The Morgan fingerprint density at radius 3 is 1.45 bits per heavy atom. The first-order valence-electron chi connectivity index (χ1n) is 20.0. The van der Waals surface area contributed by atoms with Crippen molar-refractivity contribution in [3.8, 4) is 22.3 Å². The van der Waals surface area contributed by atoms with E-state index >= 15 is 0 Å². The molecule has 0 heterocycles. The zero-order valence-electron chi connectivity index (χ0n) is 31.4. The highest BCUT2D eigenvalue weighted by Gasteiger charge is 2.21. The molecule has 1 heteroatoms. The summed E-state index contributed by atoms with van der Waals surface area (Å²) in [6.07, 6.45) is 31.0. The van der Waals surface area contributed by atoms with Crippen LogP contribution in [0.25, 0.3) is 27.8 Å². The van der Waals surface area contributed by atoms with Gasteiger partial charge in [0.2, 0.25) is 0 Å². The van der Waals surface area contributed by atoms with Crippen LogP contribution in [0.2, 0.25) is 0 Å². The number of allylic oxidation sites excluding steroid dienone is 16. The fourth-order valence-electron chi connectivity index (χ4n) is 8.48.